The van der Waals surface area contributed by atoms with Crippen LogP contribution >= 0.6 is 11.8 Å². The van der Waals surface area contributed by atoms with Crippen molar-refractivity contribution in [3.63, 3.8) is 0 Å². The lowest BCUT2D eigenvalue weighted by Gasteiger charge is -2.13. The molecule has 2 nitrogen and oxygen atoms in total. The van der Waals surface area contributed by atoms with E-state index in [1.165, 1.54) is 5.56 Å². The minimum absolute atomic E-state index is 0.560. The second-order valence-electron chi connectivity index (χ2n) is 4.82. The summed E-state index contributed by atoms with van der Waals surface area (Å²) in [5.74, 6) is -2.38. The fourth-order valence-electron chi connectivity index (χ4n) is 1.87. The van der Waals surface area contributed by atoms with Gasteiger partial charge in [0.05, 0.1) is 0 Å². The molecule has 0 unspecified atom stereocenters. The number of thioether (sulfide) groups is 1. The third-order valence-corrected chi connectivity index (χ3v) is 3.75. The molecule has 0 aliphatic heterocycles. The van der Waals surface area contributed by atoms with Gasteiger partial charge in [0.1, 0.15) is 0 Å². The molecule has 112 valence electrons. The summed E-state index contributed by atoms with van der Waals surface area (Å²) in [6.07, 6.45) is 0. The van der Waals surface area contributed by atoms with Crippen LogP contribution in [0.25, 0.3) is 0 Å². The zero-order valence-electron chi connectivity index (χ0n) is 12.0. The lowest BCUT2D eigenvalue weighted by Crippen LogP contribution is -2.08. The summed E-state index contributed by atoms with van der Waals surface area (Å²) in [7, 11) is 4.01. The van der Waals surface area contributed by atoms with Crippen molar-refractivity contribution in [2.75, 3.05) is 24.3 Å². The first-order valence-corrected chi connectivity index (χ1v) is 7.47. The van der Waals surface area contributed by atoms with Crippen LogP contribution in [0.4, 0.5) is 20.2 Å². The molecular formula is C16H18F2N2S. The molecule has 0 heterocycles. The Morgan fingerprint density at radius 2 is 1.62 bits per heavy atom. The van der Waals surface area contributed by atoms with E-state index in [0.717, 1.165) is 11.4 Å². The first-order chi connectivity index (χ1) is 10.0. The van der Waals surface area contributed by atoms with Crippen LogP contribution < -0.4 is 10.2 Å². The lowest BCUT2D eigenvalue weighted by atomic mass is 10.2. The fourth-order valence-corrected chi connectivity index (χ4v) is 2.37. The number of alkyl halides is 2. The molecule has 2 aromatic carbocycles. The van der Waals surface area contributed by atoms with Gasteiger partial charge >= 0.3 is 0 Å². The van der Waals surface area contributed by atoms with E-state index < -0.39 is 5.76 Å². The smallest absolute Gasteiger partial charge is 0.288 e. The summed E-state index contributed by atoms with van der Waals surface area (Å²) in [6.45, 7) is 0.703. The van der Waals surface area contributed by atoms with Gasteiger partial charge in [0, 0.05) is 36.9 Å². The molecule has 0 saturated heterocycles. The molecule has 2 aromatic rings. The van der Waals surface area contributed by atoms with Crippen LogP contribution in [0, 0.1) is 0 Å². The van der Waals surface area contributed by atoms with Crippen LogP contribution in [0.5, 0.6) is 0 Å². The molecule has 0 aromatic heterocycles. The number of halogens is 2. The van der Waals surface area contributed by atoms with E-state index in [2.05, 4.69) is 34.5 Å². The Labute approximate surface area is 128 Å². The monoisotopic (exact) mass is 308 g/mol. The van der Waals surface area contributed by atoms with E-state index in [0.29, 0.717) is 23.2 Å². The average molecular weight is 308 g/mol. The molecule has 0 radical (unpaired) electrons. The Hall–Kier alpha value is -1.75. The first kappa shape index (κ1) is 15.6. The molecule has 21 heavy (non-hydrogen) atoms. The van der Waals surface area contributed by atoms with Gasteiger partial charge in [-0.25, -0.2) is 0 Å². The molecule has 0 spiro atoms. The molecule has 0 aliphatic rings. The van der Waals surface area contributed by atoms with Gasteiger partial charge in [-0.1, -0.05) is 23.9 Å². The lowest BCUT2D eigenvalue weighted by molar-refractivity contribution is 0.252. The number of nitrogens with one attached hydrogen (secondary N) is 1. The molecule has 0 atom stereocenters. The van der Waals surface area contributed by atoms with E-state index in [1.54, 1.807) is 12.1 Å². The molecule has 0 fully saturated rings. The highest BCUT2D eigenvalue weighted by Crippen LogP contribution is 2.26. The molecule has 2 rings (SSSR count). The van der Waals surface area contributed by atoms with Gasteiger partial charge < -0.3 is 10.2 Å². The van der Waals surface area contributed by atoms with E-state index in [-0.39, 0.29) is 0 Å². The quantitative estimate of drug-likeness (QED) is 0.780. The third-order valence-electron chi connectivity index (χ3n) is 3.03. The second-order valence-corrected chi connectivity index (χ2v) is 5.88. The molecule has 5 heteroatoms. The summed E-state index contributed by atoms with van der Waals surface area (Å²) >= 11 is 0.560. The van der Waals surface area contributed by atoms with Crippen molar-refractivity contribution < 1.29 is 8.78 Å². The van der Waals surface area contributed by atoms with Crippen LogP contribution in [0.3, 0.4) is 0 Å². The fraction of sp³-hybridized carbons (Fsp3) is 0.250. The van der Waals surface area contributed by atoms with Crippen LogP contribution in [-0.4, -0.2) is 19.9 Å². The van der Waals surface area contributed by atoms with Gasteiger partial charge in [-0.15, -0.1) is 0 Å². The predicted molar refractivity (Wildman–Crippen MR) is 86.4 cm³/mol. The van der Waals surface area contributed by atoms with E-state index in [9.17, 15) is 8.78 Å². The average Bonchev–Trinajstić information content (AvgIpc) is 2.46. The summed E-state index contributed by atoms with van der Waals surface area (Å²) < 4.78 is 24.4. The second kappa shape index (κ2) is 7.31. The highest BCUT2D eigenvalue weighted by atomic mass is 32.2. The van der Waals surface area contributed by atoms with Crippen LogP contribution in [0.1, 0.15) is 5.56 Å². The van der Waals surface area contributed by atoms with Crippen molar-refractivity contribution >= 4 is 23.1 Å². The van der Waals surface area contributed by atoms with Gasteiger partial charge in [0.15, 0.2) is 0 Å². The van der Waals surface area contributed by atoms with E-state index in [1.807, 2.05) is 26.2 Å². The maximum Gasteiger partial charge on any atom is 0.288 e. The SMILES string of the molecule is CN(C)c1ccc(CNc2ccc(SC(F)F)cc2)cc1. The Bertz CT molecular complexity index is 553. The molecule has 1 N–H and O–H groups in total. The molecule has 0 saturated carbocycles. The number of benzene rings is 2. The van der Waals surface area contributed by atoms with Crippen LogP contribution in [0.2, 0.25) is 0 Å². The van der Waals surface area contributed by atoms with Crippen molar-refractivity contribution in [2.24, 2.45) is 0 Å². The van der Waals surface area contributed by atoms with Crippen LogP contribution in [-0.2, 0) is 6.54 Å². The Morgan fingerprint density at radius 1 is 1.00 bits per heavy atom. The van der Waals surface area contributed by atoms with Gasteiger partial charge in [0.25, 0.3) is 5.76 Å². The highest BCUT2D eigenvalue weighted by molar-refractivity contribution is 7.99. The summed E-state index contributed by atoms with van der Waals surface area (Å²) in [6, 6.07) is 15.3. The van der Waals surface area contributed by atoms with Crippen molar-refractivity contribution in [2.45, 2.75) is 17.2 Å². The van der Waals surface area contributed by atoms with Crippen molar-refractivity contribution in [3.8, 4) is 0 Å². The largest absolute Gasteiger partial charge is 0.381 e. The Balaban J connectivity index is 1.90. The predicted octanol–water partition coefficient (Wildman–Crippen LogP) is 4.68. The summed E-state index contributed by atoms with van der Waals surface area (Å²) in [5.41, 5.74) is 3.25. The van der Waals surface area contributed by atoms with Gasteiger partial charge in [-0.2, -0.15) is 8.78 Å². The van der Waals surface area contributed by atoms with Crippen molar-refractivity contribution in [1.82, 2.24) is 0 Å². The maximum absolute atomic E-state index is 12.2. The number of anilines is 2. The first-order valence-electron chi connectivity index (χ1n) is 6.59. The van der Waals surface area contributed by atoms with Gasteiger partial charge in [-0.05, 0) is 42.0 Å². The zero-order chi connectivity index (χ0) is 15.2. The normalized spacial score (nSPS) is 10.7. The minimum Gasteiger partial charge on any atom is -0.381 e. The van der Waals surface area contributed by atoms with E-state index >= 15 is 0 Å². The van der Waals surface area contributed by atoms with E-state index in [4.69, 9.17) is 0 Å². The zero-order valence-corrected chi connectivity index (χ0v) is 12.8. The molecule has 0 amide bonds. The van der Waals surface area contributed by atoms with Gasteiger partial charge in [-0.3, -0.25) is 0 Å². The molecule has 0 aliphatic carbocycles. The van der Waals surface area contributed by atoms with Crippen molar-refractivity contribution in [1.29, 1.82) is 0 Å². The highest BCUT2D eigenvalue weighted by Gasteiger charge is 2.04. The van der Waals surface area contributed by atoms with Gasteiger partial charge in [0.2, 0.25) is 0 Å². The summed E-state index contributed by atoms with van der Waals surface area (Å²) in [4.78, 5) is 2.63. The van der Waals surface area contributed by atoms with Crippen LogP contribution in [0.15, 0.2) is 53.4 Å². The third kappa shape index (κ3) is 4.93. The topological polar surface area (TPSA) is 15.3 Å². The molecule has 0 bridgehead atoms. The Morgan fingerprint density at radius 3 is 2.14 bits per heavy atom. The summed E-state index contributed by atoms with van der Waals surface area (Å²) in [5, 5.41) is 3.28. The maximum atomic E-state index is 12.2. The number of hydrogen-bond donors (Lipinski definition) is 1. The number of hydrogen-bond acceptors (Lipinski definition) is 3. The number of rotatable bonds is 6. The Kier molecular flexibility index (Phi) is 5.44. The minimum atomic E-state index is -2.38. The molecular weight excluding hydrogens is 290 g/mol. The number of nitrogens with zero attached hydrogens (tertiary/aromatic N) is 1. The standard InChI is InChI=1S/C16H18F2N2S/c1-20(2)14-7-3-12(4-8-14)11-19-13-5-9-15(10-6-13)21-16(17)18/h3-10,16,19H,11H2,1-2H3. The van der Waals surface area contributed by atoms with Crippen molar-refractivity contribution in [3.05, 3.63) is 54.1 Å².